The number of benzene rings is 1. The number of aliphatic hydroxyl groups excluding tert-OH is 1. The van der Waals surface area contributed by atoms with Crippen molar-refractivity contribution in [2.75, 3.05) is 30.5 Å². The number of para-hydroxylation sites is 1. The van der Waals surface area contributed by atoms with Gasteiger partial charge >= 0.3 is 0 Å². The number of aromatic nitrogens is 2. The summed E-state index contributed by atoms with van der Waals surface area (Å²) in [5, 5.41) is 12.9. The number of aliphatic hydroxyl groups is 1. The second kappa shape index (κ2) is 10.5. The number of hydrogen-bond acceptors (Lipinski definition) is 7. The molecule has 0 unspecified atom stereocenters. The molecule has 1 saturated carbocycles. The first kappa shape index (κ1) is 25.1. The average molecular weight is 557 g/mol. The van der Waals surface area contributed by atoms with E-state index < -0.39 is 10.0 Å². The molecule has 4 aromatic rings. The third-order valence-corrected chi connectivity index (χ3v) is 11.6. The number of likely N-dealkylation sites (tertiary alicyclic amines) is 1. The highest BCUT2D eigenvalue weighted by molar-refractivity contribution is 7.94. The molecule has 37 heavy (non-hydrogen) atoms. The lowest BCUT2D eigenvalue weighted by atomic mass is 9.94. The number of nitrogens with one attached hydrogen (secondary N) is 1. The van der Waals surface area contributed by atoms with Crippen LogP contribution in [0.2, 0.25) is 0 Å². The number of rotatable bonds is 10. The number of thiophene rings is 1. The van der Waals surface area contributed by atoms with E-state index in [1.54, 1.807) is 27.8 Å². The highest BCUT2D eigenvalue weighted by atomic mass is 32.2. The van der Waals surface area contributed by atoms with Gasteiger partial charge in [-0.1, -0.05) is 18.2 Å². The molecule has 7 nitrogen and oxygen atoms in total. The Hall–Kier alpha value is -2.24. The molecule has 6 rings (SSSR count). The Balaban J connectivity index is 1.26. The molecular weight excluding hydrogens is 525 g/mol. The van der Waals surface area contributed by atoms with E-state index in [-0.39, 0.29) is 6.61 Å². The number of nitrogens with zero attached hydrogens (tertiary/aromatic N) is 3. The molecule has 1 aliphatic heterocycles. The summed E-state index contributed by atoms with van der Waals surface area (Å²) in [6, 6.07) is 11.4. The molecule has 196 valence electrons. The minimum Gasteiger partial charge on any atom is -0.396 e. The monoisotopic (exact) mass is 556 g/mol. The van der Waals surface area contributed by atoms with Gasteiger partial charge < -0.3 is 10.1 Å². The molecule has 1 aromatic carbocycles. The molecular formula is C27H32N4O3S3. The summed E-state index contributed by atoms with van der Waals surface area (Å²) in [4.78, 5) is 11.9. The summed E-state index contributed by atoms with van der Waals surface area (Å²) in [6.07, 6.45) is 7.30. The molecule has 2 aliphatic rings. The first-order valence-electron chi connectivity index (χ1n) is 13.0. The Morgan fingerprint density at radius 2 is 1.95 bits per heavy atom. The third kappa shape index (κ3) is 5.35. The quantitative estimate of drug-likeness (QED) is 0.267. The van der Waals surface area contributed by atoms with Crippen LogP contribution in [0.25, 0.3) is 21.6 Å². The predicted molar refractivity (Wildman–Crippen MR) is 151 cm³/mol. The Bertz CT molecular complexity index is 1450. The zero-order chi connectivity index (χ0) is 25.4. The Labute approximate surface area is 225 Å². The van der Waals surface area contributed by atoms with E-state index in [1.165, 1.54) is 16.2 Å². The normalized spacial score (nSPS) is 17.5. The van der Waals surface area contributed by atoms with Crippen molar-refractivity contribution in [3.8, 4) is 10.7 Å². The van der Waals surface area contributed by atoms with E-state index in [0.29, 0.717) is 28.3 Å². The Morgan fingerprint density at radius 1 is 1.11 bits per heavy atom. The molecule has 0 radical (unpaired) electrons. The van der Waals surface area contributed by atoms with Crippen LogP contribution < -0.4 is 4.31 Å². The standard InChI is InChI=1S/C27H32N4O3S3/c32-13-10-19-8-11-30(12-9-19)18-22-16-28-27(36-22)23-15-21-3-1-4-24(26(21)29-23)31(17-20-6-7-20)37(33,34)25-5-2-14-35-25/h1-5,14-16,19-20,29,32H,6-13,17-18H2. The van der Waals surface area contributed by atoms with Gasteiger partial charge in [-0.05, 0) is 80.6 Å². The van der Waals surface area contributed by atoms with Crippen LogP contribution in [0.3, 0.4) is 0 Å². The number of piperidine rings is 1. The predicted octanol–water partition coefficient (Wildman–Crippen LogP) is 5.55. The van der Waals surface area contributed by atoms with Crippen molar-refractivity contribution in [1.82, 2.24) is 14.9 Å². The van der Waals surface area contributed by atoms with Crippen LogP contribution in [-0.2, 0) is 16.6 Å². The maximum Gasteiger partial charge on any atom is 0.273 e. The number of fused-ring (bicyclic) bond motifs is 1. The maximum atomic E-state index is 13.6. The summed E-state index contributed by atoms with van der Waals surface area (Å²) in [5.74, 6) is 1.05. The number of anilines is 1. The van der Waals surface area contributed by atoms with E-state index in [9.17, 15) is 13.5 Å². The number of thiazole rings is 1. The molecule has 4 heterocycles. The first-order chi connectivity index (χ1) is 18.0. The van der Waals surface area contributed by atoms with Gasteiger partial charge in [-0.15, -0.1) is 22.7 Å². The fourth-order valence-corrected chi connectivity index (χ4v) is 8.77. The molecule has 0 spiro atoms. The largest absolute Gasteiger partial charge is 0.396 e. The molecule has 0 bridgehead atoms. The molecule has 0 amide bonds. The van der Waals surface area contributed by atoms with Crippen molar-refractivity contribution in [3.63, 3.8) is 0 Å². The van der Waals surface area contributed by atoms with Gasteiger partial charge in [0.25, 0.3) is 10.0 Å². The smallest absolute Gasteiger partial charge is 0.273 e. The second-order valence-corrected chi connectivity index (χ2v) is 14.4. The lowest BCUT2D eigenvalue weighted by molar-refractivity contribution is 0.154. The molecule has 3 aromatic heterocycles. The van der Waals surface area contributed by atoms with Crippen molar-refractivity contribution >= 4 is 49.3 Å². The van der Waals surface area contributed by atoms with Crippen LogP contribution in [0.4, 0.5) is 5.69 Å². The minimum atomic E-state index is -3.63. The van der Waals surface area contributed by atoms with Crippen LogP contribution >= 0.6 is 22.7 Å². The van der Waals surface area contributed by atoms with Crippen LogP contribution in [-0.4, -0.2) is 54.6 Å². The lowest BCUT2D eigenvalue weighted by Crippen LogP contribution is -2.33. The maximum absolute atomic E-state index is 13.6. The molecule has 2 fully saturated rings. The van der Waals surface area contributed by atoms with Crippen molar-refractivity contribution in [3.05, 3.63) is 52.9 Å². The van der Waals surface area contributed by atoms with Crippen LogP contribution in [0.15, 0.2) is 52.2 Å². The summed E-state index contributed by atoms with van der Waals surface area (Å²) in [6.45, 7) is 3.80. The number of H-pyrrole nitrogens is 1. The Morgan fingerprint density at radius 3 is 2.68 bits per heavy atom. The Kier molecular flexibility index (Phi) is 7.11. The highest BCUT2D eigenvalue weighted by Gasteiger charge is 2.33. The summed E-state index contributed by atoms with van der Waals surface area (Å²) < 4.78 is 29.2. The van der Waals surface area contributed by atoms with Crippen molar-refractivity contribution in [1.29, 1.82) is 0 Å². The SMILES string of the molecule is O=S(=O)(c1cccs1)N(CC1CC1)c1cccc2cc(-c3ncc(CN4CCC(CCO)CC4)s3)[nH]c12. The molecule has 1 aliphatic carbocycles. The fourth-order valence-electron chi connectivity index (χ4n) is 5.18. The van der Waals surface area contributed by atoms with E-state index in [2.05, 4.69) is 16.0 Å². The van der Waals surface area contributed by atoms with Crippen molar-refractivity contribution in [2.45, 2.75) is 42.9 Å². The molecule has 0 atom stereocenters. The van der Waals surface area contributed by atoms with Crippen molar-refractivity contribution < 1.29 is 13.5 Å². The van der Waals surface area contributed by atoms with Gasteiger partial charge in [0.15, 0.2) is 0 Å². The second-order valence-electron chi connectivity index (χ2n) is 10.2. The minimum absolute atomic E-state index is 0.285. The molecule has 1 saturated heterocycles. The number of sulfonamides is 1. The van der Waals surface area contributed by atoms with Crippen LogP contribution in [0.5, 0.6) is 0 Å². The van der Waals surface area contributed by atoms with E-state index in [1.807, 2.05) is 29.8 Å². The van der Waals surface area contributed by atoms with Gasteiger partial charge in [-0.2, -0.15) is 0 Å². The third-order valence-electron chi connectivity index (χ3n) is 7.47. The summed E-state index contributed by atoms with van der Waals surface area (Å²) in [5.41, 5.74) is 2.45. The highest BCUT2D eigenvalue weighted by Crippen LogP contribution is 2.39. The lowest BCUT2D eigenvalue weighted by Gasteiger charge is -2.31. The van der Waals surface area contributed by atoms with E-state index in [4.69, 9.17) is 4.98 Å². The van der Waals surface area contributed by atoms with E-state index >= 15 is 0 Å². The van der Waals surface area contributed by atoms with Crippen molar-refractivity contribution in [2.24, 2.45) is 11.8 Å². The fraction of sp³-hybridized carbons (Fsp3) is 0.444. The number of aromatic amines is 1. The molecule has 2 N–H and O–H groups in total. The van der Waals surface area contributed by atoms with E-state index in [0.717, 1.165) is 73.3 Å². The van der Waals surface area contributed by atoms with Crippen LogP contribution in [0, 0.1) is 11.8 Å². The van der Waals surface area contributed by atoms with Gasteiger partial charge in [-0.25, -0.2) is 13.4 Å². The summed E-state index contributed by atoms with van der Waals surface area (Å²) in [7, 11) is -3.63. The molecule has 10 heteroatoms. The van der Waals surface area contributed by atoms with Crippen LogP contribution in [0.1, 0.15) is 37.0 Å². The van der Waals surface area contributed by atoms with Gasteiger partial charge in [0.2, 0.25) is 0 Å². The first-order valence-corrected chi connectivity index (χ1v) is 16.1. The zero-order valence-electron chi connectivity index (χ0n) is 20.7. The average Bonchev–Trinajstić information content (AvgIpc) is 3.29. The van der Waals surface area contributed by atoms with Gasteiger partial charge in [0.1, 0.15) is 9.22 Å². The van der Waals surface area contributed by atoms with Gasteiger partial charge in [-0.3, -0.25) is 9.21 Å². The number of hydrogen-bond donors (Lipinski definition) is 2. The summed E-state index contributed by atoms with van der Waals surface area (Å²) >= 11 is 2.95. The zero-order valence-corrected chi connectivity index (χ0v) is 23.1. The van der Waals surface area contributed by atoms with Gasteiger partial charge in [0, 0.05) is 36.2 Å². The topological polar surface area (TPSA) is 89.5 Å². The van der Waals surface area contributed by atoms with Gasteiger partial charge in [0.05, 0.1) is 16.9 Å².